The average molecular weight is 351 g/mol. The fourth-order valence-corrected chi connectivity index (χ4v) is 2.39. The van der Waals surface area contributed by atoms with Crippen LogP contribution in [0.15, 0.2) is 28.7 Å². The van der Waals surface area contributed by atoms with E-state index < -0.39 is 0 Å². The molecule has 0 aliphatic carbocycles. The van der Waals surface area contributed by atoms with Crippen LogP contribution >= 0.6 is 31.9 Å². The molecule has 90 valence electrons. The maximum absolute atomic E-state index is 5.12. The van der Waals surface area contributed by atoms with Gasteiger partial charge in [0.1, 0.15) is 0 Å². The SMILES string of the molecule is COCCN(CCBr)Cc1ccccc1Br. The topological polar surface area (TPSA) is 12.5 Å². The Balaban J connectivity index is 2.56. The number of hydrogen-bond donors (Lipinski definition) is 0. The van der Waals surface area contributed by atoms with Crippen LogP contribution < -0.4 is 0 Å². The van der Waals surface area contributed by atoms with Gasteiger partial charge in [-0.25, -0.2) is 0 Å². The minimum absolute atomic E-state index is 0.775. The van der Waals surface area contributed by atoms with Crippen LogP contribution in [0.4, 0.5) is 0 Å². The smallest absolute Gasteiger partial charge is 0.0589 e. The van der Waals surface area contributed by atoms with Gasteiger partial charge in [-0.15, -0.1) is 0 Å². The van der Waals surface area contributed by atoms with Crippen molar-refractivity contribution < 1.29 is 4.74 Å². The number of rotatable bonds is 7. The zero-order chi connectivity index (χ0) is 11.8. The molecule has 0 unspecified atom stereocenters. The predicted molar refractivity (Wildman–Crippen MR) is 75.1 cm³/mol. The lowest BCUT2D eigenvalue weighted by atomic mass is 10.2. The van der Waals surface area contributed by atoms with Gasteiger partial charge in [0.25, 0.3) is 0 Å². The molecule has 0 heterocycles. The van der Waals surface area contributed by atoms with Crippen LogP contribution in [0, 0.1) is 0 Å². The second-order valence-electron chi connectivity index (χ2n) is 3.55. The lowest BCUT2D eigenvalue weighted by Gasteiger charge is -2.21. The monoisotopic (exact) mass is 349 g/mol. The number of methoxy groups -OCH3 is 1. The highest BCUT2D eigenvalue weighted by Gasteiger charge is 2.06. The highest BCUT2D eigenvalue weighted by atomic mass is 79.9. The van der Waals surface area contributed by atoms with Crippen molar-refractivity contribution in [3.63, 3.8) is 0 Å². The highest BCUT2D eigenvalue weighted by Crippen LogP contribution is 2.17. The first-order valence-corrected chi connectivity index (χ1v) is 7.20. The number of ether oxygens (including phenoxy) is 1. The summed E-state index contributed by atoms with van der Waals surface area (Å²) in [5.41, 5.74) is 1.32. The van der Waals surface area contributed by atoms with E-state index in [1.165, 1.54) is 10.0 Å². The first kappa shape index (κ1) is 14.2. The van der Waals surface area contributed by atoms with Gasteiger partial charge in [0.05, 0.1) is 6.61 Å². The molecule has 0 saturated carbocycles. The largest absolute Gasteiger partial charge is 0.383 e. The molecule has 1 rings (SSSR count). The third-order valence-electron chi connectivity index (χ3n) is 2.36. The molecule has 0 aliphatic heterocycles. The van der Waals surface area contributed by atoms with Crippen LogP contribution in [-0.4, -0.2) is 37.0 Å². The molecule has 0 saturated heterocycles. The Morgan fingerprint density at radius 1 is 1.25 bits per heavy atom. The van der Waals surface area contributed by atoms with Gasteiger partial charge in [-0.3, -0.25) is 4.90 Å². The van der Waals surface area contributed by atoms with E-state index in [0.717, 1.165) is 31.6 Å². The summed E-state index contributed by atoms with van der Waals surface area (Å²) in [5.74, 6) is 0. The Kier molecular flexibility index (Phi) is 7.28. The van der Waals surface area contributed by atoms with Gasteiger partial charge in [-0.1, -0.05) is 50.1 Å². The van der Waals surface area contributed by atoms with Gasteiger partial charge in [0.2, 0.25) is 0 Å². The highest BCUT2D eigenvalue weighted by molar-refractivity contribution is 9.10. The number of halogens is 2. The van der Waals surface area contributed by atoms with E-state index in [9.17, 15) is 0 Å². The quantitative estimate of drug-likeness (QED) is 0.699. The molecule has 0 fully saturated rings. The van der Waals surface area contributed by atoms with Gasteiger partial charge in [0.15, 0.2) is 0 Å². The van der Waals surface area contributed by atoms with Crippen LogP contribution in [0.2, 0.25) is 0 Å². The maximum Gasteiger partial charge on any atom is 0.0589 e. The van der Waals surface area contributed by atoms with Gasteiger partial charge in [0, 0.05) is 36.5 Å². The molecule has 1 aromatic rings. The molecular weight excluding hydrogens is 334 g/mol. The Morgan fingerprint density at radius 3 is 2.62 bits per heavy atom. The molecule has 4 heteroatoms. The minimum Gasteiger partial charge on any atom is -0.383 e. The van der Waals surface area contributed by atoms with Gasteiger partial charge < -0.3 is 4.74 Å². The first-order valence-electron chi connectivity index (χ1n) is 5.28. The molecule has 0 aliphatic rings. The molecule has 0 aromatic heterocycles. The van der Waals surface area contributed by atoms with Crippen molar-refractivity contribution in [3.05, 3.63) is 34.3 Å². The number of alkyl halides is 1. The fraction of sp³-hybridized carbons (Fsp3) is 0.500. The van der Waals surface area contributed by atoms with Crippen molar-refractivity contribution >= 4 is 31.9 Å². The summed E-state index contributed by atoms with van der Waals surface area (Å²) in [6, 6.07) is 8.34. The van der Waals surface area contributed by atoms with Crippen LogP contribution in [0.25, 0.3) is 0 Å². The molecule has 2 nitrogen and oxygen atoms in total. The summed E-state index contributed by atoms with van der Waals surface area (Å²) in [5, 5.41) is 0.987. The van der Waals surface area contributed by atoms with Crippen LogP contribution in [0.3, 0.4) is 0 Å². The Bertz CT molecular complexity index is 307. The first-order chi connectivity index (χ1) is 7.77. The molecule has 1 aromatic carbocycles. The fourth-order valence-electron chi connectivity index (χ4n) is 1.48. The summed E-state index contributed by atoms with van der Waals surface area (Å²) < 4.78 is 6.29. The molecule has 0 N–H and O–H groups in total. The average Bonchev–Trinajstić information content (AvgIpc) is 2.29. The molecule has 0 radical (unpaired) electrons. The van der Waals surface area contributed by atoms with Gasteiger partial charge in [-0.2, -0.15) is 0 Å². The van der Waals surface area contributed by atoms with E-state index in [4.69, 9.17) is 4.74 Å². The van der Waals surface area contributed by atoms with E-state index >= 15 is 0 Å². The number of nitrogens with zero attached hydrogens (tertiary/aromatic N) is 1. The summed E-state index contributed by atoms with van der Waals surface area (Å²) in [4.78, 5) is 2.37. The standard InChI is InChI=1S/C12H17Br2NO/c1-16-9-8-15(7-6-13)10-11-4-2-3-5-12(11)14/h2-5H,6-10H2,1H3. The zero-order valence-corrected chi connectivity index (χ0v) is 12.6. The van der Waals surface area contributed by atoms with E-state index in [1.54, 1.807) is 7.11 Å². The van der Waals surface area contributed by atoms with Crippen molar-refractivity contribution in [2.75, 3.05) is 32.1 Å². The predicted octanol–water partition coefficient (Wildman–Crippen LogP) is 3.29. The second-order valence-corrected chi connectivity index (χ2v) is 5.20. The van der Waals surface area contributed by atoms with Crippen LogP contribution in [-0.2, 0) is 11.3 Å². The number of hydrogen-bond acceptors (Lipinski definition) is 2. The summed E-state index contributed by atoms with van der Waals surface area (Å²) in [6.07, 6.45) is 0. The van der Waals surface area contributed by atoms with E-state index in [2.05, 4.69) is 55.0 Å². The van der Waals surface area contributed by atoms with Crippen molar-refractivity contribution in [2.45, 2.75) is 6.54 Å². The minimum atomic E-state index is 0.775. The van der Waals surface area contributed by atoms with Crippen molar-refractivity contribution in [3.8, 4) is 0 Å². The normalized spacial score (nSPS) is 11.0. The van der Waals surface area contributed by atoms with Gasteiger partial charge >= 0.3 is 0 Å². The Labute approximate surface area is 114 Å². The Morgan fingerprint density at radius 2 is 2.00 bits per heavy atom. The van der Waals surface area contributed by atoms with Crippen LogP contribution in [0.5, 0.6) is 0 Å². The Hall–Kier alpha value is 0.1000. The lowest BCUT2D eigenvalue weighted by Crippen LogP contribution is -2.29. The molecule has 0 spiro atoms. The van der Waals surface area contributed by atoms with Crippen molar-refractivity contribution in [1.82, 2.24) is 4.90 Å². The lowest BCUT2D eigenvalue weighted by molar-refractivity contribution is 0.148. The summed E-state index contributed by atoms with van der Waals surface area (Å²) >= 11 is 7.05. The second kappa shape index (κ2) is 8.23. The molecular formula is C12H17Br2NO. The summed E-state index contributed by atoms with van der Waals surface area (Å²) in [6.45, 7) is 3.72. The third kappa shape index (κ3) is 4.95. The third-order valence-corrected chi connectivity index (χ3v) is 3.49. The molecule has 0 atom stereocenters. The maximum atomic E-state index is 5.12. The zero-order valence-electron chi connectivity index (χ0n) is 9.46. The van der Waals surface area contributed by atoms with Crippen molar-refractivity contribution in [1.29, 1.82) is 0 Å². The molecule has 0 amide bonds. The number of benzene rings is 1. The molecule has 0 bridgehead atoms. The van der Waals surface area contributed by atoms with E-state index in [1.807, 2.05) is 6.07 Å². The summed E-state index contributed by atoms with van der Waals surface area (Å²) in [7, 11) is 1.74. The van der Waals surface area contributed by atoms with E-state index in [0.29, 0.717) is 0 Å². The van der Waals surface area contributed by atoms with Crippen LogP contribution in [0.1, 0.15) is 5.56 Å². The van der Waals surface area contributed by atoms with E-state index in [-0.39, 0.29) is 0 Å². The van der Waals surface area contributed by atoms with Gasteiger partial charge in [-0.05, 0) is 11.6 Å². The molecule has 16 heavy (non-hydrogen) atoms. The van der Waals surface area contributed by atoms with Crippen molar-refractivity contribution in [2.24, 2.45) is 0 Å².